The van der Waals surface area contributed by atoms with Crippen molar-refractivity contribution in [3.8, 4) is 0 Å². The van der Waals surface area contributed by atoms with Gasteiger partial charge in [-0.2, -0.15) is 0 Å². The molecule has 26 heavy (non-hydrogen) atoms. The molecule has 0 unspecified atom stereocenters. The van der Waals surface area contributed by atoms with Crippen molar-refractivity contribution in [2.24, 2.45) is 0 Å². The maximum atomic E-state index is 12.7. The minimum absolute atomic E-state index is 0.0495. The highest BCUT2D eigenvalue weighted by Crippen LogP contribution is 2.39. The lowest BCUT2D eigenvalue weighted by atomic mass is 9.98. The summed E-state index contributed by atoms with van der Waals surface area (Å²) in [6.45, 7) is 5.47. The average molecular weight is 383 g/mol. The van der Waals surface area contributed by atoms with Crippen molar-refractivity contribution in [2.45, 2.75) is 26.3 Å². The van der Waals surface area contributed by atoms with E-state index in [1.165, 1.54) is 26.4 Å². The number of fused-ring (bicyclic) bond motifs is 1. The van der Waals surface area contributed by atoms with Crippen molar-refractivity contribution < 1.29 is 4.79 Å². The fourth-order valence-electron chi connectivity index (χ4n) is 3.52. The van der Waals surface area contributed by atoms with Gasteiger partial charge in [-0.25, -0.2) is 0 Å². The number of hydrogen-bond acceptors (Lipinski definition) is 4. The predicted molar refractivity (Wildman–Crippen MR) is 110 cm³/mol. The number of carbonyl (C=O) groups excluding carboxylic acids is 1. The Balaban J connectivity index is 1.53. The maximum absolute atomic E-state index is 12.7. The Morgan fingerprint density at radius 3 is 2.81 bits per heavy atom. The second kappa shape index (κ2) is 7.35. The van der Waals surface area contributed by atoms with Gasteiger partial charge in [0.2, 0.25) is 5.91 Å². The Bertz CT molecular complexity index is 914. The molecule has 1 atom stereocenters. The van der Waals surface area contributed by atoms with Crippen LogP contribution >= 0.6 is 22.7 Å². The molecule has 0 saturated heterocycles. The minimum atomic E-state index is 0.0495. The Labute approximate surface area is 162 Å². The van der Waals surface area contributed by atoms with Crippen LogP contribution in [0.25, 0.3) is 0 Å². The third-order valence-corrected chi connectivity index (χ3v) is 6.94. The van der Waals surface area contributed by atoms with Gasteiger partial charge in [-0.3, -0.25) is 9.69 Å². The van der Waals surface area contributed by atoms with Gasteiger partial charge in [-0.05, 0) is 72.0 Å². The average Bonchev–Trinajstić information content (AvgIpc) is 3.29. The molecule has 1 aliphatic heterocycles. The van der Waals surface area contributed by atoms with Crippen LogP contribution in [0.2, 0.25) is 0 Å². The predicted octanol–water partition coefficient (Wildman–Crippen LogP) is 5.01. The standard InChI is InChI=1S/C21H22N2OS2/c1-14-5-6-16(12-15(14)2)22-20(24)13-23-9-7-18-17(8-11-26-18)21(23)19-4-3-10-25-19/h3-6,8,10-12,21H,7,9,13H2,1-2H3,(H,22,24)/t21-/m1/s1. The zero-order chi connectivity index (χ0) is 18.1. The number of rotatable bonds is 4. The van der Waals surface area contributed by atoms with Gasteiger partial charge in [0.05, 0.1) is 12.6 Å². The second-order valence-corrected chi connectivity index (χ2v) is 8.76. The summed E-state index contributed by atoms with van der Waals surface area (Å²) in [6.07, 6.45) is 1.02. The Morgan fingerprint density at radius 2 is 2.04 bits per heavy atom. The molecule has 3 heterocycles. The molecule has 1 N–H and O–H groups in total. The lowest BCUT2D eigenvalue weighted by Gasteiger charge is -2.34. The summed E-state index contributed by atoms with van der Waals surface area (Å²) in [5.74, 6) is 0.0495. The number of amides is 1. The molecule has 0 spiro atoms. The molecule has 5 heteroatoms. The third-order valence-electron chi connectivity index (χ3n) is 5.02. The smallest absolute Gasteiger partial charge is 0.238 e. The first-order chi connectivity index (χ1) is 12.6. The second-order valence-electron chi connectivity index (χ2n) is 6.78. The molecule has 0 bridgehead atoms. The molecule has 2 aromatic heterocycles. The number of nitrogens with one attached hydrogen (secondary N) is 1. The van der Waals surface area contributed by atoms with Gasteiger partial charge >= 0.3 is 0 Å². The number of aryl methyl sites for hydroxylation is 2. The first-order valence-corrected chi connectivity index (χ1v) is 10.6. The SMILES string of the molecule is Cc1ccc(NC(=O)CN2CCc3sccc3[C@@H]2c2cccs2)cc1C. The number of anilines is 1. The van der Waals surface area contributed by atoms with Gasteiger partial charge in [0.25, 0.3) is 0 Å². The summed E-state index contributed by atoms with van der Waals surface area (Å²) in [5.41, 5.74) is 4.67. The van der Waals surface area contributed by atoms with Crippen molar-refractivity contribution in [3.63, 3.8) is 0 Å². The zero-order valence-electron chi connectivity index (χ0n) is 15.0. The van der Waals surface area contributed by atoms with E-state index in [9.17, 15) is 4.79 Å². The van der Waals surface area contributed by atoms with E-state index in [2.05, 4.69) is 59.1 Å². The normalized spacial score (nSPS) is 17.1. The minimum Gasteiger partial charge on any atom is -0.325 e. The highest BCUT2D eigenvalue weighted by atomic mass is 32.1. The van der Waals surface area contributed by atoms with Crippen molar-refractivity contribution in [1.82, 2.24) is 4.90 Å². The summed E-state index contributed by atoms with van der Waals surface area (Å²) >= 11 is 3.60. The third kappa shape index (κ3) is 3.47. The molecule has 1 amide bonds. The fourth-order valence-corrected chi connectivity index (χ4v) is 5.30. The molecule has 0 radical (unpaired) electrons. The van der Waals surface area contributed by atoms with E-state index < -0.39 is 0 Å². The van der Waals surface area contributed by atoms with Crippen molar-refractivity contribution in [1.29, 1.82) is 0 Å². The molecule has 3 nitrogen and oxygen atoms in total. The molecular weight excluding hydrogens is 360 g/mol. The van der Waals surface area contributed by atoms with E-state index in [4.69, 9.17) is 0 Å². The molecule has 4 rings (SSSR count). The first kappa shape index (κ1) is 17.5. The largest absolute Gasteiger partial charge is 0.325 e. The van der Waals surface area contributed by atoms with E-state index in [-0.39, 0.29) is 11.9 Å². The van der Waals surface area contributed by atoms with E-state index >= 15 is 0 Å². The topological polar surface area (TPSA) is 32.3 Å². The van der Waals surface area contributed by atoms with Crippen LogP contribution in [0.4, 0.5) is 5.69 Å². The first-order valence-electron chi connectivity index (χ1n) is 8.82. The summed E-state index contributed by atoms with van der Waals surface area (Å²) in [7, 11) is 0. The lowest BCUT2D eigenvalue weighted by molar-refractivity contribution is -0.117. The van der Waals surface area contributed by atoms with Crippen LogP contribution in [0.5, 0.6) is 0 Å². The van der Waals surface area contributed by atoms with Crippen LogP contribution in [0.3, 0.4) is 0 Å². The van der Waals surface area contributed by atoms with Gasteiger partial charge in [-0.1, -0.05) is 12.1 Å². The van der Waals surface area contributed by atoms with Crippen molar-refractivity contribution in [2.75, 3.05) is 18.4 Å². The van der Waals surface area contributed by atoms with Crippen molar-refractivity contribution in [3.05, 3.63) is 73.6 Å². The van der Waals surface area contributed by atoms with Crippen LogP contribution in [-0.4, -0.2) is 23.9 Å². The van der Waals surface area contributed by atoms with Crippen LogP contribution < -0.4 is 5.32 Å². The molecule has 3 aromatic rings. The van der Waals surface area contributed by atoms with Gasteiger partial charge in [0.1, 0.15) is 0 Å². The van der Waals surface area contributed by atoms with E-state index in [1.54, 1.807) is 11.3 Å². The molecule has 0 fully saturated rings. The van der Waals surface area contributed by atoms with E-state index in [0.29, 0.717) is 6.54 Å². The highest BCUT2D eigenvalue weighted by molar-refractivity contribution is 7.10. The molecule has 1 aliphatic rings. The number of hydrogen-bond donors (Lipinski definition) is 1. The van der Waals surface area contributed by atoms with Gasteiger partial charge in [-0.15, -0.1) is 22.7 Å². The fraction of sp³-hybridized carbons (Fsp3) is 0.286. The molecule has 0 aliphatic carbocycles. The Hall–Kier alpha value is -1.95. The van der Waals surface area contributed by atoms with Crippen LogP contribution in [0.1, 0.15) is 32.5 Å². The van der Waals surface area contributed by atoms with E-state index in [0.717, 1.165) is 18.7 Å². The lowest BCUT2D eigenvalue weighted by Crippen LogP contribution is -2.40. The summed E-state index contributed by atoms with van der Waals surface area (Å²) < 4.78 is 0. The molecule has 0 saturated carbocycles. The molecular formula is C21H22N2OS2. The number of thiophene rings is 2. The zero-order valence-corrected chi connectivity index (χ0v) is 16.6. The quantitative estimate of drug-likeness (QED) is 0.688. The number of benzene rings is 1. The summed E-state index contributed by atoms with van der Waals surface area (Å²) in [6, 6.07) is 12.7. The van der Waals surface area contributed by atoms with Gasteiger partial charge < -0.3 is 5.32 Å². The van der Waals surface area contributed by atoms with Crippen LogP contribution in [-0.2, 0) is 11.2 Å². The Kier molecular flexibility index (Phi) is 4.94. The van der Waals surface area contributed by atoms with Gasteiger partial charge in [0.15, 0.2) is 0 Å². The molecule has 1 aromatic carbocycles. The molecule has 134 valence electrons. The monoisotopic (exact) mass is 382 g/mol. The van der Waals surface area contributed by atoms with Crippen LogP contribution in [0, 0.1) is 13.8 Å². The van der Waals surface area contributed by atoms with E-state index in [1.807, 2.05) is 23.5 Å². The Morgan fingerprint density at radius 1 is 1.15 bits per heavy atom. The van der Waals surface area contributed by atoms with Gasteiger partial charge in [0, 0.05) is 22.0 Å². The number of carbonyl (C=O) groups is 1. The number of nitrogens with zero attached hydrogens (tertiary/aromatic N) is 1. The van der Waals surface area contributed by atoms with Crippen molar-refractivity contribution >= 4 is 34.3 Å². The maximum Gasteiger partial charge on any atom is 0.238 e. The summed E-state index contributed by atoms with van der Waals surface area (Å²) in [5, 5.41) is 7.35. The van der Waals surface area contributed by atoms with Crippen LogP contribution in [0.15, 0.2) is 47.2 Å². The summed E-state index contributed by atoms with van der Waals surface area (Å²) in [4.78, 5) is 17.8. The highest BCUT2D eigenvalue weighted by Gasteiger charge is 2.31.